The van der Waals surface area contributed by atoms with E-state index in [0.717, 1.165) is 41.1 Å². The first-order valence-corrected chi connectivity index (χ1v) is 10.8. The smallest absolute Gasteiger partial charge is 0.0970 e. The van der Waals surface area contributed by atoms with E-state index in [1.54, 1.807) is 0 Å². The summed E-state index contributed by atoms with van der Waals surface area (Å²) < 4.78 is 0. The molecule has 0 fully saturated rings. The van der Waals surface area contributed by atoms with E-state index in [0.29, 0.717) is 0 Å². The Morgan fingerprint density at radius 3 is 2.00 bits per heavy atom. The maximum Gasteiger partial charge on any atom is 0.0970 e. The van der Waals surface area contributed by atoms with Gasteiger partial charge < -0.3 is 0 Å². The summed E-state index contributed by atoms with van der Waals surface area (Å²) >= 11 is 0. The Hall–Kier alpha value is -3.78. The van der Waals surface area contributed by atoms with Crippen LogP contribution in [0.5, 0.6) is 0 Å². The molecule has 0 aliphatic rings. The van der Waals surface area contributed by atoms with E-state index in [9.17, 15) is 0 Å². The molecule has 2 nitrogen and oxygen atoms in total. The van der Waals surface area contributed by atoms with Gasteiger partial charge in [0.05, 0.1) is 11.0 Å². The van der Waals surface area contributed by atoms with Crippen LogP contribution in [0.2, 0.25) is 0 Å². The SMILES string of the molecule is C=CCCCc1cccc(-c2ccnc3c2ccc2c(-c4ccccc4)ccnc23)c1. The van der Waals surface area contributed by atoms with Gasteiger partial charge in [0.15, 0.2) is 0 Å². The minimum Gasteiger partial charge on any atom is -0.254 e. The highest BCUT2D eigenvalue weighted by molar-refractivity contribution is 6.11. The van der Waals surface area contributed by atoms with Crippen LogP contribution in [0.1, 0.15) is 18.4 Å². The Bertz CT molecular complexity index is 1370. The van der Waals surface area contributed by atoms with Gasteiger partial charge in [0.25, 0.3) is 0 Å². The van der Waals surface area contributed by atoms with Crippen LogP contribution in [-0.4, -0.2) is 9.97 Å². The number of benzene rings is 3. The highest BCUT2D eigenvalue weighted by atomic mass is 14.7. The highest BCUT2D eigenvalue weighted by Gasteiger charge is 2.12. The normalized spacial score (nSPS) is 11.1. The summed E-state index contributed by atoms with van der Waals surface area (Å²) in [5.41, 5.74) is 8.05. The van der Waals surface area contributed by atoms with Gasteiger partial charge in [0, 0.05) is 23.2 Å². The predicted octanol–water partition coefficient (Wildman–Crippen LogP) is 7.63. The summed E-state index contributed by atoms with van der Waals surface area (Å²) in [6, 6.07) is 27.9. The van der Waals surface area contributed by atoms with Crippen LogP contribution >= 0.6 is 0 Å². The number of aryl methyl sites for hydroxylation is 1. The maximum atomic E-state index is 4.74. The lowest BCUT2D eigenvalue weighted by atomic mass is 9.95. The number of hydrogen-bond acceptors (Lipinski definition) is 2. The summed E-state index contributed by atoms with van der Waals surface area (Å²) in [7, 11) is 0. The fourth-order valence-electron chi connectivity index (χ4n) is 4.29. The third-order valence-electron chi connectivity index (χ3n) is 5.82. The first-order valence-electron chi connectivity index (χ1n) is 10.8. The molecule has 2 aromatic heterocycles. The van der Waals surface area contributed by atoms with Crippen LogP contribution in [0.3, 0.4) is 0 Å². The average molecular weight is 401 g/mol. The molecule has 31 heavy (non-hydrogen) atoms. The summed E-state index contributed by atoms with van der Waals surface area (Å²) in [6.45, 7) is 3.83. The zero-order valence-corrected chi connectivity index (χ0v) is 17.5. The number of hydrogen-bond donors (Lipinski definition) is 0. The van der Waals surface area contributed by atoms with Crippen LogP contribution in [0.25, 0.3) is 44.1 Å². The van der Waals surface area contributed by atoms with E-state index >= 15 is 0 Å². The van der Waals surface area contributed by atoms with Crippen LogP contribution in [0.4, 0.5) is 0 Å². The first-order chi connectivity index (χ1) is 15.3. The number of unbranched alkanes of at least 4 members (excludes halogenated alkanes) is 1. The van der Waals surface area contributed by atoms with E-state index in [1.807, 2.05) is 24.5 Å². The number of nitrogens with zero attached hydrogens (tertiary/aromatic N) is 2. The Morgan fingerprint density at radius 1 is 0.677 bits per heavy atom. The van der Waals surface area contributed by atoms with Gasteiger partial charge in [-0.3, -0.25) is 9.97 Å². The van der Waals surface area contributed by atoms with Crippen molar-refractivity contribution in [2.24, 2.45) is 0 Å². The summed E-state index contributed by atoms with van der Waals surface area (Å²) in [4.78, 5) is 9.47. The van der Waals surface area contributed by atoms with Crippen LogP contribution in [-0.2, 0) is 6.42 Å². The van der Waals surface area contributed by atoms with Gasteiger partial charge in [-0.1, -0.05) is 72.8 Å². The largest absolute Gasteiger partial charge is 0.254 e. The molecule has 0 saturated carbocycles. The number of pyridine rings is 2. The van der Waals surface area contributed by atoms with E-state index < -0.39 is 0 Å². The Kier molecular flexibility index (Phi) is 5.28. The minimum atomic E-state index is 0.947. The molecule has 5 aromatic rings. The molecular formula is C29H24N2. The Labute approximate surface area is 182 Å². The fraction of sp³-hybridized carbons (Fsp3) is 0.103. The van der Waals surface area contributed by atoms with Crippen LogP contribution in [0.15, 0.2) is 104 Å². The lowest BCUT2D eigenvalue weighted by molar-refractivity contribution is 0.844. The van der Waals surface area contributed by atoms with E-state index in [1.165, 1.54) is 27.8 Å². The summed E-state index contributed by atoms with van der Waals surface area (Å²) in [5, 5.41) is 2.26. The van der Waals surface area contributed by atoms with Gasteiger partial charge in [-0.2, -0.15) is 0 Å². The Balaban J connectivity index is 1.65. The second-order valence-corrected chi connectivity index (χ2v) is 7.82. The van der Waals surface area contributed by atoms with E-state index in [4.69, 9.17) is 9.97 Å². The van der Waals surface area contributed by atoms with Gasteiger partial charge in [-0.25, -0.2) is 0 Å². The van der Waals surface area contributed by atoms with Gasteiger partial charge in [-0.05, 0) is 59.2 Å². The molecule has 3 aromatic carbocycles. The predicted molar refractivity (Wildman–Crippen MR) is 131 cm³/mol. The van der Waals surface area contributed by atoms with Crippen molar-refractivity contribution in [3.63, 3.8) is 0 Å². The fourth-order valence-corrected chi connectivity index (χ4v) is 4.29. The number of fused-ring (bicyclic) bond motifs is 3. The topological polar surface area (TPSA) is 25.8 Å². The standard InChI is InChI=1S/C29H24N2/c1-2-3-5-9-21-10-8-13-23(20-21)25-17-19-31-29-27(25)15-14-26-24(16-18-30-28(26)29)22-11-6-4-7-12-22/h2,4,6-8,10-20H,1,3,5,9H2. The molecule has 0 saturated heterocycles. The molecule has 0 bridgehead atoms. The van der Waals surface area contributed by atoms with E-state index in [2.05, 4.69) is 79.4 Å². The number of aromatic nitrogens is 2. The van der Waals surface area contributed by atoms with Crippen molar-refractivity contribution >= 4 is 21.8 Å². The molecule has 5 rings (SSSR count). The molecule has 0 atom stereocenters. The minimum absolute atomic E-state index is 0.947. The summed E-state index contributed by atoms with van der Waals surface area (Å²) in [6.07, 6.45) is 9.01. The number of allylic oxidation sites excluding steroid dienone is 1. The molecule has 2 heteroatoms. The molecule has 150 valence electrons. The Morgan fingerprint density at radius 2 is 1.32 bits per heavy atom. The molecule has 0 aliphatic carbocycles. The molecule has 0 amide bonds. The van der Waals surface area contributed by atoms with Gasteiger partial charge in [0.1, 0.15) is 0 Å². The molecule has 0 aliphatic heterocycles. The van der Waals surface area contributed by atoms with Crippen molar-refractivity contribution in [3.8, 4) is 22.3 Å². The zero-order chi connectivity index (χ0) is 21.0. The number of rotatable bonds is 6. The van der Waals surface area contributed by atoms with Crippen LogP contribution < -0.4 is 0 Å². The molecule has 0 N–H and O–H groups in total. The van der Waals surface area contributed by atoms with Crippen molar-refractivity contribution in [3.05, 3.63) is 109 Å². The molecule has 0 spiro atoms. The van der Waals surface area contributed by atoms with Gasteiger partial charge in [0.2, 0.25) is 0 Å². The first kappa shape index (κ1) is 19.2. The molecule has 2 heterocycles. The lowest BCUT2D eigenvalue weighted by Crippen LogP contribution is -1.91. The van der Waals surface area contributed by atoms with Crippen molar-refractivity contribution in [1.82, 2.24) is 9.97 Å². The van der Waals surface area contributed by atoms with Crippen molar-refractivity contribution in [2.75, 3.05) is 0 Å². The molecular weight excluding hydrogens is 376 g/mol. The van der Waals surface area contributed by atoms with Crippen molar-refractivity contribution in [2.45, 2.75) is 19.3 Å². The van der Waals surface area contributed by atoms with Crippen LogP contribution in [0, 0.1) is 0 Å². The monoisotopic (exact) mass is 400 g/mol. The highest BCUT2D eigenvalue weighted by Crippen LogP contribution is 2.35. The second-order valence-electron chi connectivity index (χ2n) is 7.82. The van der Waals surface area contributed by atoms with Gasteiger partial charge >= 0.3 is 0 Å². The lowest BCUT2D eigenvalue weighted by Gasteiger charge is -2.12. The molecule has 0 unspecified atom stereocenters. The summed E-state index contributed by atoms with van der Waals surface area (Å²) in [5.74, 6) is 0. The second kappa shape index (κ2) is 8.53. The van der Waals surface area contributed by atoms with Crippen molar-refractivity contribution < 1.29 is 0 Å². The van der Waals surface area contributed by atoms with Gasteiger partial charge in [-0.15, -0.1) is 6.58 Å². The quantitative estimate of drug-likeness (QED) is 0.166. The van der Waals surface area contributed by atoms with Crippen molar-refractivity contribution in [1.29, 1.82) is 0 Å². The average Bonchev–Trinajstić information content (AvgIpc) is 2.84. The third kappa shape index (κ3) is 3.73. The van der Waals surface area contributed by atoms with E-state index in [-0.39, 0.29) is 0 Å². The third-order valence-corrected chi connectivity index (χ3v) is 5.82. The zero-order valence-electron chi connectivity index (χ0n) is 17.5. The maximum absolute atomic E-state index is 4.74. The molecule has 0 radical (unpaired) electrons.